The number of morpholine rings is 1. The molecule has 2 N–H and O–H groups in total. The normalized spacial score (nSPS) is 26.5. The van der Waals surface area contributed by atoms with E-state index in [2.05, 4.69) is 42.4 Å². The molecular weight excluding hydrogens is 314 g/mol. The zero-order chi connectivity index (χ0) is 18.0. The number of hydrogen-bond acceptors (Lipinski definition) is 3. The van der Waals surface area contributed by atoms with Gasteiger partial charge in [0.1, 0.15) is 0 Å². The van der Waals surface area contributed by atoms with Gasteiger partial charge in [0.15, 0.2) is 0 Å². The van der Waals surface area contributed by atoms with E-state index in [0.29, 0.717) is 18.1 Å². The number of ether oxygens (including phenoxy) is 1. The van der Waals surface area contributed by atoms with Gasteiger partial charge in [-0.1, -0.05) is 39.0 Å². The van der Waals surface area contributed by atoms with Gasteiger partial charge in [-0.15, -0.1) is 0 Å². The van der Waals surface area contributed by atoms with Crippen LogP contribution in [0.3, 0.4) is 0 Å². The van der Waals surface area contributed by atoms with E-state index in [1.807, 2.05) is 19.1 Å². The molecule has 2 aliphatic rings. The van der Waals surface area contributed by atoms with E-state index in [-0.39, 0.29) is 12.1 Å². The highest BCUT2D eigenvalue weighted by Gasteiger charge is 2.38. The lowest BCUT2D eigenvalue weighted by atomic mass is 10.0. The summed E-state index contributed by atoms with van der Waals surface area (Å²) in [5, 5.41) is 6.22. The number of nitrogens with one attached hydrogen (secondary N) is 2. The molecule has 2 amide bonds. The van der Waals surface area contributed by atoms with E-state index in [9.17, 15) is 4.79 Å². The summed E-state index contributed by atoms with van der Waals surface area (Å²) >= 11 is 0. The Hall–Kier alpha value is -1.59. The number of benzene rings is 1. The number of para-hydroxylation sites is 1. The number of hydrogen-bond donors (Lipinski definition) is 2. The largest absolute Gasteiger partial charge is 0.375 e. The van der Waals surface area contributed by atoms with Crippen molar-refractivity contribution >= 4 is 11.7 Å². The Morgan fingerprint density at radius 1 is 1.36 bits per heavy atom. The van der Waals surface area contributed by atoms with Gasteiger partial charge >= 0.3 is 6.03 Å². The van der Waals surface area contributed by atoms with Crippen molar-refractivity contribution in [1.29, 1.82) is 0 Å². The standard InChI is InChI=1S/C20H31N3O2/c1-5-15-8-6-7-14(4)19(15)22-20(24)21-16-9-17-12-25-18(13(2)3)11-23(17)10-16/h6-8,13,16-18H,5,9-12H2,1-4H3,(H2,21,22,24)/t16-,17+,18+/m1/s1. The Labute approximate surface area is 151 Å². The molecule has 0 aliphatic carbocycles. The van der Waals surface area contributed by atoms with Crippen molar-refractivity contribution in [3.63, 3.8) is 0 Å². The topological polar surface area (TPSA) is 53.6 Å². The molecule has 3 atom stereocenters. The Morgan fingerprint density at radius 2 is 2.16 bits per heavy atom. The fraction of sp³-hybridized carbons (Fsp3) is 0.650. The first-order valence-electron chi connectivity index (χ1n) is 9.49. The highest BCUT2D eigenvalue weighted by atomic mass is 16.5. The molecule has 5 heteroatoms. The zero-order valence-electron chi connectivity index (χ0n) is 15.8. The van der Waals surface area contributed by atoms with E-state index in [4.69, 9.17) is 4.74 Å². The molecule has 2 fully saturated rings. The smallest absolute Gasteiger partial charge is 0.319 e. The van der Waals surface area contributed by atoms with E-state index in [1.54, 1.807) is 0 Å². The zero-order valence-corrected chi connectivity index (χ0v) is 15.8. The minimum Gasteiger partial charge on any atom is -0.375 e. The number of aryl methyl sites for hydroxylation is 2. The molecule has 1 aromatic rings. The molecule has 5 nitrogen and oxygen atoms in total. The maximum atomic E-state index is 12.5. The van der Waals surface area contributed by atoms with Crippen molar-refractivity contribution in [2.45, 2.75) is 58.7 Å². The van der Waals surface area contributed by atoms with Gasteiger partial charge in [-0.05, 0) is 36.8 Å². The lowest BCUT2D eigenvalue weighted by Gasteiger charge is -2.36. The van der Waals surface area contributed by atoms with Crippen molar-refractivity contribution in [2.24, 2.45) is 5.92 Å². The summed E-state index contributed by atoms with van der Waals surface area (Å²) in [6.45, 7) is 11.2. The summed E-state index contributed by atoms with van der Waals surface area (Å²) in [7, 11) is 0. The number of urea groups is 1. The van der Waals surface area contributed by atoms with Crippen molar-refractivity contribution in [3.05, 3.63) is 29.3 Å². The number of anilines is 1. The van der Waals surface area contributed by atoms with Crippen LogP contribution in [-0.4, -0.2) is 48.8 Å². The van der Waals surface area contributed by atoms with Gasteiger partial charge in [-0.2, -0.15) is 0 Å². The fourth-order valence-electron chi connectivity index (χ4n) is 3.94. The second-order valence-corrected chi connectivity index (χ2v) is 7.72. The summed E-state index contributed by atoms with van der Waals surface area (Å²) < 4.78 is 5.98. The van der Waals surface area contributed by atoms with Crippen LogP contribution in [0, 0.1) is 12.8 Å². The number of rotatable bonds is 4. The van der Waals surface area contributed by atoms with E-state index in [0.717, 1.165) is 43.8 Å². The van der Waals surface area contributed by atoms with E-state index < -0.39 is 0 Å². The lowest BCUT2D eigenvalue weighted by molar-refractivity contribution is -0.0683. The maximum Gasteiger partial charge on any atom is 0.319 e. The first kappa shape index (κ1) is 18.2. The third-order valence-electron chi connectivity index (χ3n) is 5.50. The summed E-state index contributed by atoms with van der Waals surface area (Å²) in [5.74, 6) is 0.532. The number of fused-ring (bicyclic) bond motifs is 1. The number of amides is 2. The summed E-state index contributed by atoms with van der Waals surface area (Å²) in [5.41, 5.74) is 3.22. The van der Waals surface area contributed by atoms with E-state index in [1.165, 1.54) is 5.56 Å². The lowest BCUT2D eigenvalue weighted by Crippen LogP contribution is -2.48. The van der Waals surface area contributed by atoms with Gasteiger partial charge in [0.25, 0.3) is 0 Å². The van der Waals surface area contributed by atoms with Gasteiger partial charge in [0.05, 0.1) is 12.7 Å². The van der Waals surface area contributed by atoms with Crippen LogP contribution in [0.1, 0.15) is 38.3 Å². The van der Waals surface area contributed by atoms with E-state index >= 15 is 0 Å². The predicted octanol–water partition coefficient (Wildman–Crippen LogP) is 3.18. The second kappa shape index (κ2) is 7.75. The van der Waals surface area contributed by atoms with Crippen LogP contribution >= 0.6 is 0 Å². The van der Waals surface area contributed by atoms with Crippen LogP contribution in [0.5, 0.6) is 0 Å². The van der Waals surface area contributed by atoms with Crippen LogP contribution in [-0.2, 0) is 11.2 Å². The predicted molar refractivity (Wildman–Crippen MR) is 101 cm³/mol. The van der Waals surface area contributed by atoms with Gasteiger partial charge < -0.3 is 15.4 Å². The van der Waals surface area contributed by atoms with Crippen molar-refractivity contribution < 1.29 is 9.53 Å². The van der Waals surface area contributed by atoms with Crippen molar-refractivity contribution in [3.8, 4) is 0 Å². The highest BCUT2D eigenvalue weighted by molar-refractivity contribution is 5.91. The molecule has 25 heavy (non-hydrogen) atoms. The number of carbonyl (C=O) groups is 1. The third-order valence-corrected chi connectivity index (χ3v) is 5.50. The second-order valence-electron chi connectivity index (χ2n) is 7.72. The average Bonchev–Trinajstić information content (AvgIpc) is 2.97. The molecule has 0 aromatic heterocycles. The Morgan fingerprint density at radius 3 is 2.88 bits per heavy atom. The van der Waals surface area contributed by atoms with Crippen LogP contribution < -0.4 is 10.6 Å². The Bertz CT molecular complexity index is 617. The highest BCUT2D eigenvalue weighted by Crippen LogP contribution is 2.26. The Balaban J connectivity index is 1.56. The molecular formula is C20H31N3O2. The van der Waals surface area contributed by atoms with Crippen LogP contribution in [0.2, 0.25) is 0 Å². The van der Waals surface area contributed by atoms with Gasteiger partial charge in [-0.25, -0.2) is 4.79 Å². The van der Waals surface area contributed by atoms with Gasteiger partial charge in [0, 0.05) is 30.9 Å². The molecule has 0 unspecified atom stereocenters. The number of nitrogens with zero attached hydrogens (tertiary/aromatic N) is 1. The molecule has 0 saturated carbocycles. The quantitative estimate of drug-likeness (QED) is 0.881. The molecule has 0 radical (unpaired) electrons. The summed E-state index contributed by atoms with van der Waals surface area (Å²) in [6, 6.07) is 6.67. The van der Waals surface area contributed by atoms with Crippen LogP contribution in [0.25, 0.3) is 0 Å². The molecule has 3 rings (SSSR count). The summed E-state index contributed by atoms with van der Waals surface area (Å²) in [4.78, 5) is 15.0. The molecule has 138 valence electrons. The molecule has 2 saturated heterocycles. The molecule has 2 aliphatic heterocycles. The SMILES string of the molecule is CCc1cccc(C)c1NC(=O)N[C@@H]1C[C@H]2CO[C@H](C(C)C)CN2C1. The maximum absolute atomic E-state index is 12.5. The number of carbonyl (C=O) groups excluding carboxylic acids is 1. The molecule has 0 spiro atoms. The molecule has 0 bridgehead atoms. The van der Waals surface area contributed by atoms with Gasteiger partial charge in [-0.3, -0.25) is 4.90 Å². The summed E-state index contributed by atoms with van der Waals surface area (Å²) in [6.07, 6.45) is 2.18. The third kappa shape index (κ3) is 4.15. The first-order valence-corrected chi connectivity index (χ1v) is 9.49. The fourth-order valence-corrected chi connectivity index (χ4v) is 3.94. The molecule has 2 heterocycles. The first-order chi connectivity index (χ1) is 12.0. The van der Waals surface area contributed by atoms with Crippen LogP contribution in [0.4, 0.5) is 10.5 Å². The Kier molecular flexibility index (Phi) is 5.64. The average molecular weight is 345 g/mol. The van der Waals surface area contributed by atoms with Crippen molar-refractivity contribution in [2.75, 3.05) is 25.0 Å². The van der Waals surface area contributed by atoms with Crippen molar-refractivity contribution in [1.82, 2.24) is 10.2 Å². The van der Waals surface area contributed by atoms with Gasteiger partial charge in [0.2, 0.25) is 0 Å². The monoisotopic (exact) mass is 345 g/mol. The molecule has 1 aromatic carbocycles. The minimum atomic E-state index is -0.102. The minimum absolute atomic E-state index is 0.102. The van der Waals surface area contributed by atoms with Crippen LogP contribution in [0.15, 0.2) is 18.2 Å².